The van der Waals surface area contributed by atoms with Crippen LogP contribution in [0.4, 0.5) is 4.79 Å². The molecule has 2 N–H and O–H groups in total. The first-order valence-corrected chi connectivity index (χ1v) is 7.28. The van der Waals surface area contributed by atoms with E-state index in [0.717, 1.165) is 6.26 Å². The molecule has 0 aliphatic rings. The van der Waals surface area contributed by atoms with Crippen molar-refractivity contribution in [3.63, 3.8) is 0 Å². The molecule has 0 aromatic rings. The second-order valence-electron chi connectivity index (χ2n) is 4.85. The van der Waals surface area contributed by atoms with Gasteiger partial charge in [0, 0.05) is 6.42 Å². The third-order valence-electron chi connectivity index (χ3n) is 1.62. The maximum Gasteiger partial charge on any atom is 0.408 e. The largest absolute Gasteiger partial charge is 0.444 e. The number of hydrogen-bond acceptors (Lipinski definition) is 5. The Bertz CT molecular complexity index is 484. The molecule has 0 rings (SSSR count). The number of hydrogen-bond donors (Lipinski definition) is 2. The van der Waals surface area contributed by atoms with Gasteiger partial charge in [-0.3, -0.25) is 9.52 Å². The molecule has 1 atom stereocenters. The van der Waals surface area contributed by atoms with Crippen molar-refractivity contribution in [3.8, 4) is 12.3 Å². The van der Waals surface area contributed by atoms with Gasteiger partial charge in [0.1, 0.15) is 11.6 Å². The maximum absolute atomic E-state index is 11.6. The van der Waals surface area contributed by atoms with Gasteiger partial charge in [-0.1, -0.05) is 0 Å². The van der Waals surface area contributed by atoms with Crippen molar-refractivity contribution in [2.75, 3.05) is 6.26 Å². The van der Waals surface area contributed by atoms with E-state index < -0.39 is 33.7 Å². The second-order valence-corrected chi connectivity index (χ2v) is 6.59. The third-order valence-corrected chi connectivity index (χ3v) is 2.19. The Labute approximate surface area is 113 Å². The molecule has 0 saturated carbocycles. The molecule has 108 valence electrons. The van der Waals surface area contributed by atoms with Crippen molar-refractivity contribution in [1.82, 2.24) is 10.0 Å². The second kappa shape index (κ2) is 6.43. The molecule has 0 heterocycles. The zero-order valence-electron chi connectivity index (χ0n) is 11.3. The van der Waals surface area contributed by atoms with Crippen LogP contribution in [0.3, 0.4) is 0 Å². The highest BCUT2D eigenvalue weighted by Gasteiger charge is 2.25. The maximum atomic E-state index is 11.6. The number of terminal acetylenes is 1. The van der Waals surface area contributed by atoms with Crippen LogP contribution < -0.4 is 10.0 Å². The van der Waals surface area contributed by atoms with E-state index in [9.17, 15) is 18.0 Å². The average molecular weight is 290 g/mol. The number of alkyl carbamates (subject to hydrolysis) is 1. The summed E-state index contributed by atoms with van der Waals surface area (Å²) in [5.74, 6) is 1.27. The molecule has 0 saturated heterocycles. The lowest BCUT2D eigenvalue weighted by atomic mass is 10.2. The molecule has 19 heavy (non-hydrogen) atoms. The Morgan fingerprint density at radius 2 is 1.89 bits per heavy atom. The van der Waals surface area contributed by atoms with Gasteiger partial charge in [-0.25, -0.2) is 13.2 Å². The number of ether oxygens (including phenoxy) is 1. The monoisotopic (exact) mass is 290 g/mol. The summed E-state index contributed by atoms with van der Waals surface area (Å²) in [5, 5.41) is 2.22. The summed E-state index contributed by atoms with van der Waals surface area (Å²) >= 11 is 0. The molecule has 2 amide bonds. The lowest BCUT2D eigenvalue weighted by molar-refractivity contribution is -0.121. The number of rotatable bonds is 4. The van der Waals surface area contributed by atoms with Crippen LogP contribution in [-0.4, -0.2) is 38.3 Å². The van der Waals surface area contributed by atoms with Gasteiger partial charge in [0.15, 0.2) is 0 Å². The van der Waals surface area contributed by atoms with Crippen molar-refractivity contribution in [2.24, 2.45) is 0 Å². The highest BCUT2D eigenvalue weighted by atomic mass is 32.2. The van der Waals surface area contributed by atoms with E-state index in [1.165, 1.54) is 0 Å². The summed E-state index contributed by atoms with van der Waals surface area (Å²) in [7, 11) is -3.72. The van der Waals surface area contributed by atoms with E-state index in [4.69, 9.17) is 11.2 Å². The van der Waals surface area contributed by atoms with Gasteiger partial charge in [-0.15, -0.1) is 12.3 Å². The van der Waals surface area contributed by atoms with Crippen molar-refractivity contribution in [2.45, 2.75) is 38.8 Å². The van der Waals surface area contributed by atoms with Crippen molar-refractivity contribution in [3.05, 3.63) is 0 Å². The quantitative estimate of drug-likeness (QED) is 0.708. The molecule has 0 aliphatic carbocycles. The van der Waals surface area contributed by atoms with E-state index in [0.29, 0.717) is 0 Å². The Morgan fingerprint density at radius 3 is 2.26 bits per heavy atom. The molecule has 7 nitrogen and oxygen atoms in total. The van der Waals surface area contributed by atoms with Gasteiger partial charge < -0.3 is 10.1 Å². The number of carbonyl (C=O) groups is 2. The summed E-state index contributed by atoms with van der Waals surface area (Å²) in [6, 6.07) is -1.17. The molecule has 0 aromatic carbocycles. The fourth-order valence-corrected chi connectivity index (χ4v) is 1.54. The van der Waals surface area contributed by atoms with E-state index in [1.807, 2.05) is 0 Å². The first-order valence-electron chi connectivity index (χ1n) is 5.39. The van der Waals surface area contributed by atoms with Crippen LogP contribution in [-0.2, 0) is 19.6 Å². The minimum atomic E-state index is -3.72. The molecular weight excluding hydrogens is 272 g/mol. The summed E-state index contributed by atoms with van der Waals surface area (Å²) in [6.45, 7) is 4.96. The van der Waals surface area contributed by atoms with Crippen LogP contribution in [0, 0.1) is 12.3 Å². The summed E-state index contributed by atoms with van der Waals surface area (Å²) in [5.41, 5.74) is -0.738. The molecule has 0 unspecified atom stereocenters. The highest BCUT2D eigenvalue weighted by molar-refractivity contribution is 7.89. The van der Waals surface area contributed by atoms with Gasteiger partial charge in [0.25, 0.3) is 5.91 Å². The first-order chi connectivity index (χ1) is 8.44. The topological polar surface area (TPSA) is 102 Å². The average Bonchev–Trinajstić information content (AvgIpc) is 2.10. The molecule has 0 spiro atoms. The lowest BCUT2D eigenvalue weighted by Crippen LogP contribution is -2.49. The number of sulfonamides is 1. The van der Waals surface area contributed by atoms with E-state index >= 15 is 0 Å². The van der Waals surface area contributed by atoms with Crippen LogP contribution in [0.25, 0.3) is 0 Å². The summed E-state index contributed by atoms with van der Waals surface area (Å²) in [4.78, 5) is 23.1. The van der Waals surface area contributed by atoms with Crippen molar-refractivity contribution >= 4 is 22.0 Å². The third kappa shape index (κ3) is 8.90. The molecule has 0 fully saturated rings. The van der Waals surface area contributed by atoms with Crippen molar-refractivity contribution in [1.29, 1.82) is 0 Å². The standard InChI is InChI=1S/C11H18N2O5S/c1-6-7-8(9(14)13-19(5,16)17)12-10(15)18-11(2,3)4/h1,8H,7H2,2-5H3,(H,12,15)(H,13,14)/t8-/m0/s1. The van der Waals surface area contributed by atoms with Crippen LogP contribution >= 0.6 is 0 Å². The minimum absolute atomic E-state index is 0.152. The smallest absolute Gasteiger partial charge is 0.408 e. The fourth-order valence-electron chi connectivity index (χ4n) is 1.03. The fraction of sp³-hybridized carbons (Fsp3) is 0.636. The predicted molar refractivity (Wildman–Crippen MR) is 69.6 cm³/mol. The van der Waals surface area contributed by atoms with Gasteiger partial charge >= 0.3 is 6.09 Å². The SMILES string of the molecule is C#CC[C@H](NC(=O)OC(C)(C)C)C(=O)NS(C)(=O)=O. The van der Waals surface area contributed by atoms with Crippen molar-refractivity contribution < 1.29 is 22.7 Å². The normalized spacial score (nSPS) is 13.0. The van der Waals surface area contributed by atoms with Gasteiger partial charge in [-0.2, -0.15) is 0 Å². The van der Waals surface area contributed by atoms with E-state index in [1.54, 1.807) is 25.5 Å². The zero-order valence-corrected chi connectivity index (χ0v) is 12.1. The summed E-state index contributed by atoms with van der Waals surface area (Å²) < 4.78 is 28.6. The summed E-state index contributed by atoms with van der Waals surface area (Å²) in [6.07, 6.45) is 4.88. The zero-order chi connectivity index (χ0) is 15.3. The molecule has 0 radical (unpaired) electrons. The highest BCUT2D eigenvalue weighted by Crippen LogP contribution is 2.07. The number of carbonyl (C=O) groups excluding carboxylic acids is 2. The molecule has 0 bridgehead atoms. The van der Waals surface area contributed by atoms with Crippen LogP contribution in [0.15, 0.2) is 0 Å². The number of nitrogens with one attached hydrogen (secondary N) is 2. The van der Waals surface area contributed by atoms with Crippen LogP contribution in [0.5, 0.6) is 0 Å². The Morgan fingerprint density at radius 1 is 1.37 bits per heavy atom. The van der Waals surface area contributed by atoms with Gasteiger partial charge in [0.05, 0.1) is 6.26 Å². The minimum Gasteiger partial charge on any atom is -0.444 e. The molecule has 8 heteroatoms. The Balaban J connectivity index is 4.72. The Hall–Kier alpha value is -1.75. The van der Waals surface area contributed by atoms with E-state index in [2.05, 4.69) is 11.2 Å². The van der Waals surface area contributed by atoms with E-state index in [-0.39, 0.29) is 6.42 Å². The van der Waals surface area contributed by atoms with Gasteiger partial charge in [-0.05, 0) is 20.8 Å². The van der Waals surface area contributed by atoms with Crippen LogP contribution in [0.1, 0.15) is 27.2 Å². The molecule has 0 aromatic heterocycles. The molecular formula is C11H18N2O5S. The molecule has 0 aliphatic heterocycles. The van der Waals surface area contributed by atoms with Gasteiger partial charge in [0.2, 0.25) is 10.0 Å². The lowest BCUT2D eigenvalue weighted by Gasteiger charge is -2.22. The Kier molecular flexibility index (Phi) is 5.83. The number of amides is 2. The predicted octanol–water partition coefficient (Wildman–Crippen LogP) is -0.0212. The first kappa shape index (κ1) is 17.2. The van der Waals surface area contributed by atoms with Crippen LogP contribution in [0.2, 0.25) is 0 Å².